The lowest BCUT2D eigenvalue weighted by atomic mass is 9.57. The molecule has 1 saturated carbocycles. The highest BCUT2D eigenvalue weighted by Gasteiger charge is 2.59. The predicted molar refractivity (Wildman–Crippen MR) is 101 cm³/mol. The third kappa shape index (κ3) is 3.91. The molecule has 0 heterocycles. The van der Waals surface area contributed by atoms with Gasteiger partial charge in [-0.25, -0.2) is 0 Å². The van der Waals surface area contributed by atoms with Gasteiger partial charge in [-0.1, -0.05) is 41.2 Å². The number of aldehydes is 1. The fraction of sp³-hybridized carbons (Fsp3) is 0.789. The number of hydrogen-bond donors (Lipinski definition) is 1. The summed E-state index contributed by atoms with van der Waals surface area (Å²) >= 11 is 0. The number of hydrogen-bond acceptors (Lipinski definition) is 5. The molecule has 1 aliphatic carbocycles. The van der Waals surface area contributed by atoms with Crippen LogP contribution in [0.5, 0.6) is 0 Å². The highest BCUT2D eigenvalue weighted by Crippen LogP contribution is 2.51. The number of aliphatic hydroxyl groups is 1. The molecule has 0 aromatic rings. The van der Waals surface area contributed by atoms with Crippen LogP contribution in [0, 0.1) is 11.3 Å². The van der Waals surface area contributed by atoms with E-state index in [1.807, 2.05) is 0 Å². The van der Waals surface area contributed by atoms with Gasteiger partial charge in [-0.05, 0) is 30.6 Å². The fourth-order valence-electron chi connectivity index (χ4n) is 3.10. The van der Waals surface area contributed by atoms with Crippen molar-refractivity contribution in [1.29, 1.82) is 0 Å². The van der Waals surface area contributed by atoms with Gasteiger partial charge in [0.05, 0.1) is 18.6 Å². The lowest BCUT2D eigenvalue weighted by Gasteiger charge is -2.52. The molecule has 1 aliphatic rings. The van der Waals surface area contributed by atoms with Gasteiger partial charge in [0.15, 0.2) is 14.6 Å². The summed E-state index contributed by atoms with van der Waals surface area (Å²) in [7, 11) is -2.18. The zero-order valence-electron chi connectivity index (χ0n) is 16.9. The molecule has 0 aromatic carbocycles. The first-order valence-electron chi connectivity index (χ1n) is 8.86. The van der Waals surface area contributed by atoms with E-state index in [1.165, 1.54) is 0 Å². The summed E-state index contributed by atoms with van der Waals surface area (Å²) < 4.78 is 11.6. The van der Waals surface area contributed by atoms with Crippen molar-refractivity contribution >= 4 is 20.6 Å². The van der Waals surface area contributed by atoms with E-state index >= 15 is 0 Å². The Balaban J connectivity index is 3.33. The van der Waals surface area contributed by atoms with E-state index in [2.05, 4.69) is 40.4 Å². The number of rotatable bonds is 5. The van der Waals surface area contributed by atoms with E-state index in [-0.39, 0.29) is 18.1 Å². The molecule has 0 unspecified atom stereocenters. The molecule has 0 aliphatic heterocycles. The average molecular weight is 371 g/mol. The SMILES string of the molecule is C=C1[C@@H](C(=O)OCC)C(C)(C)[C@](O)(C=O)C[C@@H]1O[Si](C)(C)C(C)(C)C. The van der Waals surface area contributed by atoms with Crippen LogP contribution in [0.4, 0.5) is 0 Å². The number of carbonyl (C=O) groups is 2. The highest BCUT2D eigenvalue weighted by atomic mass is 28.4. The van der Waals surface area contributed by atoms with Gasteiger partial charge in [0, 0.05) is 11.8 Å². The zero-order valence-corrected chi connectivity index (χ0v) is 17.9. The minimum atomic E-state index is -2.18. The maximum atomic E-state index is 12.6. The first-order valence-corrected chi connectivity index (χ1v) is 11.8. The van der Waals surface area contributed by atoms with Gasteiger partial charge in [0.1, 0.15) is 5.60 Å². The number of ether oxygens (including phenoxy) is 1. The minimum Gasteiger partial charge on any atom is -0.466 e. The molecule has 5 nitrogen and oxygen atoms in total. The van der Waals surface area contributed by atoms with Crippen LogP contribution in [0.15, 0.2) is 12.2 Å². The smallest absolute Gasteiger partial charge is 0.313 e. The van der Waals surface area contributed by atoms with Gasteiger partial charge < -0.3 is 19.1 Å². The molecule has 0 bridgehead atoms. The van der Waals surface area contributed by atoms with Crippen LogP contribution >= 0.6 is 0 Å². The molecular formula is C19H34O5Si. The fourth-order valence-corrected chi connectivity index (χ4v) is 4.40. The Hall–Kier alpha value is -0.983. The molecule has 0 spiro atoms. The third-order valence-corrected chi connectivity index (χ3v) is 10.6. The van der Waals surface area contributed by atoms with Crippen LogP contribution < -0.4 is 0 Å². The number of carbonyl (C=O) groups excluding carboxylic acids is 2. The standard InChI is InChI=1S/C19H34O5Si/c1-10-23-16(21)15-13(2)14(24-25(8,9)17(3,4)5)11-19(22,12-20)18(15,6)7/h12,14-15,22H,2,10-11H2,1,3-9H3/t14-,15-,19+/m0/s1. The number of esters is 1. The summed E-state index contributed by atoms with van der Waals surface area (Å²) in [6.07, 6.45) is 0.0804. The molecule has 1 fully saturated rings. The van der Waals surface area contributed by atoms with Gasteiger partial charge >= 0.3 is 5.97 Å². The van der Waals surface area contributed by atoms with E-state index in [0.717, 1.165) is 0 Å². The molecule has 0 saturated heterocycles. The van der Waals surface area contributed by atoms with E-state index in [9.17, 15) is 14.7 Å². The zero-order chi connectivity index (χ0) is 19.8. The second-order valence-electron chi connectivity index (χ2n) is 9.09. The normalized spacial score (nSPS) is 30.0. The molecule has 25 heavy (non-hydrogen) atoms. The van der Waals surface area contributed by atoms with Crippen LogP contribution in [0.2, 0.25) is 18.1 Å². The topological polar surface area (TPSA) is 72.8 Å². The Morgan fingerprint density at radius 2 is 1.92 bits per heavy atom. The summed E-state index contributed by atoms with van der Waals surface area (Å²) in [5, 5.41) is 11.0. The summed E-state index contributed by atoms with van der Waals surface area (Å²) in [6.45, 7) is 20.0. The molecule has 6 heteroatoms. The second kappa shape index (κ2) is 6.97. The van der Waals surface area contributed by atoms with Crippen molar-refractivity contribution in [3.63, 3.8) is 0 Å². The van der Waals surface area contributed by atoms with Crippen LogP contribution in [0.25, 0.3) is 0 Å². The van der Waals surface area contributed by atoms with Crippen molar-refractivity contribution in [1.82, 2.24) is 0 Å². The lowest BCUT2D eigenvalue weighted by Crippen LogP contribution is -2.61. The molecule has 1 rings (SSSR count). The first kappa shape index (κ1) is 22.1. The van der Waals surface area contributed by atoms with Crippen LogP contribution in [-0.2, 0) is 18.8 Å². The lowest BCUT2D eigenvalue weighted by molar-refractivity contribution is -0.173. The summed E-state index contributed by atoms with van der Waals surface area (Å²) in [6, 6.07) is 0. The molecule has 3 atom stereocenters. The molecule has 0 radical (unpaired) electrons. The van der Waals surface area contributed by atoms with Crippen molar-refractivity contribution in [3.8, 4) is 0 Å². The van der Waals surface area contributed by atoms with Gasteiger partial charge in [0.25, 0.3) is 0 Å². The average Bonchev–Trinajstić information content (AvgIpc) is 2.43. The Labute approximate surface area is 152 Å². The van der Waals surface area contributed by atoms with Crippen LogP contribution in [0.1, 0.15) is 48.0 Å². The van der Waals surface area contributed by atoms with Crippen molar-refractivity contribution < 1.29 is 23.9 Å². The Morgan fingerprint density at radius 1 is 1.40 bits per heavy atom. The van der Waals surface area contributed by atoms with E-state index < -0.39 is 37.3 Å². The van der Waals surface area contributed by atoms with Crippen molar-refractivity contribution in [3.05, 3.63) is 12.2 Å². The Bertz CT molecular complexity index is 547. The van der Waals surface area contributed by atoms with Crippen molar-refractivity contribution in [2.75, 3.05) is 6.61 Å². The van der Waals surface area contributed by atoms with Gasteiger partial charge in [-0.2, -0.15) is 0 Å². The monoisotopic (exact) mass is 370 g/mol. The highest BCUT2D eigenvalue weighted by molar-refractivity contribution is 6.74. The summed E-state index contributed by atoms with van der Waals surface area (Å²) in [5.41, 5.74) is -2.12. The van der Waals surface area contributed by atoms with E-state index in [1.54, 1.807) is 20.8 Å². The Kier molecular flexibility index (Phi) is 6.15. The van der Waals surface area contributed by atoms with E-state index in [4.69, 9.17) is 9.16 Å². The van der Waals surface area contributed by atoms with Gasteiger partial charge in [-0.3, -0.25) is 4.79 Å². The molecule has 144 valence electrons. The largest absolute Gasteiger partial charge is 0.466 e. The van der Waals surface area contributed by atoms with Crippen LogP contribution in [-0.4, -0.2) is 44.0 Å². The summed E-state index contributed by atoms with van der Waals surface area (Å²) in [5.74, 6) is -1.27. The first-order chi connectivity index (χ1) is 11.1. The van der Waals surface area contributed by atoms with Crippen molar-refractivity contribution in [2.45, 2.75) is 77.8 Å². The maximum Gasteiger partial charge on any atom is 0.313 e. The second-order valence-corrected chi connectivity index (χ2v) is 13.9. The molecule has 0 aromatic heterocycles. The predicted octanol–water partition coefficient (Wildman–Crippen LogP) is 3.47. The van der Waals surface area contributed by atoms with Gasteiger partial charge in [0.2, 0.25) is 0 Å². The third-order valence-electron chi connectivity index (χ3n) is 6.08. The summed E-state index contributed by atoms with van der Waals surface area (Å²) in [4.78, 5) is 24.3. The van der Waals surface area contributed by atoms with Crippen LogP contribution in [0.3, 0.4) is 0 Å². The molecule has 0 amide bonds. The quantitative estimate of drug-likeness (QED) is 0.347. The minimum absolute atomic E-state index is 0.0427. The maximum absolute atomic E-state index is 12.6. The van der Waals surface area contributed by atoms with Gasteiger partial charge in [-0.15, -0.1) is 0 Å². The Morgan fingerprint density at radius 3 is 2.32 bits per heavy atom. The van der Waals surface area contributed by atoms with E-state index in [0.29, 0.717) is 11.9 Å². The molecular weight excluding hydrogens is 336 g/mol. The molecule has 1 N–H and O–H groups in total. The van der Waals surface area contributed by atoms with Crippen molar-refractivity contribution in [2.24, 2.45) is 11.3 Å².